The fraction of sp³-hybridized carbons (Fsp3) is 0.970. The minimum Gasteiger partial charge on any atom is -0.466 e. The Balaban J connectivity index is 1.95. The highest BCUT2D eigenvalue weighted by Crippen LogP contribution is 2.45. The molecule has 0 aromatic carbocycles. The molecule has 0 aromatic rings. The van der Waals surface area contributed by atoms with E-state index in [4.69, 9.17) is 4.74 Å². The fourth-order valence-electron chi connectivity index (χ4n) is 5.91. The topological polar surface area (TPSA) is 29.5 Å². The summed E-state index contributed by atoms with van der Waals surface area (Å²) in [7, 11) is 4.45. The van der Waals surface area contributed by atoms with Crippen molar-refractivity contribution in [3.63, 3.8) is 0 Å². The first-order valence-corrected chi connectivity index (χ1v) is 16.4. The molecule has 1 aliphatic rings. The maximum absolute atomic E-state index is 11.3. The highest BCUT2D eigenvalue weighted by molar-refractivity contribution is 5.69. The Kier molecular flexibility index (Phi) is 21.9. The Morgan fingerprint density at radius 3 is 1.72 bits per heavy atom. The first-order chi connectivity index (χ1) is 17.6. The lowest BCUT2D eigenvalue weighted by atomic mass is 9.91. The van der Waals surface area contributed by atoms with Crippen LogP contribution in [0.3, 0.4) is 0 Å². The van der Waals surface area contributed by atoms with Gasteiger partial charge >= 0.3 is 5.97 Å². The number of carbonyl (C=O) groups excluding carboxylic acids is 1. The van der Waals surface area contributed by atoms with E-state index in [1.165, 1.54) is 141 Å². The minimum atomic E-state index is -0.0223. The second kappa shape index (κ2) is 23.5. The van der Waals surface area contributed by atoms with E-state index in [0.717, 1.165) is 24.2 Å². The molecule has 0 spiro atoms. The van der Waals surface area contributed by atoms with Crippen molar-refractivity contribution in [2.45, 2.75) is 162 Å². The largest absolute Gasteiger partial charge is 0.466 e. The second-order valence-electron chi connectivity index (χ2n) is 12.2. The smallest absolute Gasteiger partial charge is 0.305 e. The maximum Gasteiger partial charge on any atom is 0.305 e. The third-order valence-electron chi connectivity index (χ3n) is 8.47. The molecule has 0 heterocycles. The second-order valence-corrected chi connectivity index (χ2v) is 12.2. The summed E-state index contributed by atoms with van der Waals surface area (Å²) in [6, 6.07) is 0. The molecule has 214 valence electrons. The van der Waals surface area contributed by atoms with Crippen LogP contribution in [-0.4, -0.2) is 38.1 Å². The van der Waals surface area contributed by atoms with Crippen LogP contribution in [0.15, 0.2) is 0 Å². The van der Waals surface area contributed by atoms with Gasteiger partial charge in [0.05, 0.1) is 6.61 Å². The molecule has 36 heavy (non-hydrogen) atoms. The van der Waals surface area contributed by atoms with Crippen LogP contribution in [0.1, 0.15) is 162 Å². The van der Waals surface area contributed by atoms with E-state index in [2.05, 4.69) is 25.9 Å². The number of unbranched alkanes of at least 4 members (excludes halogenated alkanes) is 13. The molecule has 1 aliphatic carbocycles. The third kappa shape index (κ3) is 20.5. The molecule has 3 nitrogen and oxygen atoms in total. The van der Waals surface area contributed by atoms with Gasteiger partial charge in [-0.15, -0.1) is 0 Å². The van der Waals surface area contributed by atoms with E-state index in [-0.39, 0.29) is 5.97 Å². The molecule has 3 heteroatoms. The van der Waals surface area contributed by atoms with Gasteiger partial charge in [-0.3, -0.25) is 4.79 Å². The van der Waals surface area contributed by atoms with Crippen molar-refractivity contribution in [3.05, 3.63) is 0 Å². The zero-order valence-electron chi connectivity index (χ0n) is 25.2. The lowest BCUT2D eigenvalue weighted by molar-refractivity contribution is -0.143. The summed E-state index contributed by atoms with van der Waals surface area (Å²) in [6.45, 7) is 5.96. The van der Waals surface area contributed by atoms with E-state index in [9.17, 15) is 4.79 Å². The van der Waals surface area contributed by atoms with E-state index in [1.807, 2.05) is 6.92 Å². The molecule has 3 atom stereocenters. The molecule has 0 N–H and O–H groups in total. The number of ether oxygens (including phenoxy) is 1. The summed E-state index contributed by atoms with van der Waals surface area (Å²) in [5.74, 6) is 3.04. The van der Waals surface area contributed by atoms with Crippen molar-refractivity contribution in [1.29, 1.82) is 0 Å². The van der Waals surface area contributed by atoms with Crippen molar-refractivity contribution < 1.29 is 9.53 Å². The lowest BCUT2D eigenvalue weighted by Crippen LogP contribution is -2.17. The highest BCUT2D eigenvalue weighted by Gasteiger charge is 2.35. The summed E-state index contributed by atoms with van der Waals surface area (Å²) in [4.78, 5) is 13.7. The van der Waals surface area contributed by atoms with Crippen LogP contribution in [0.4, 0.5) is 0 Å². The van der Waals surface area contributed by atoms with Gasteiger partial charge in [0.2, 0.25) is 0 Å². The number of carbonyl (C=O) groups is 1. The van der Waals surface area contributed by atoms with Gasteiger partial charge in [-0.05, 0) is 64.6 Å². The van der Waals surface area contributed by atoms with Crippen LogP contribution in [0, 0.1) is 17.8 Å². The van der Waals surface area contributed by atoms with Gasteiger partial charge in [0, 0.05) is 6.42 Å². The van der Waals surface area contributed by atoms with Crippen LogP contribution in [0.25, 0.3) is 0 Å². The summed E-state index contributed by atoms with van der Waals surface area (Å²) >= 11 is 0. The fourth-order valence-corrected chi connectivity index (χ4v) is 5.91. The maximum atomic E-state index is 11.3. The molecule has 0 amide bonds. The molecule has 0 aliphatic heterocycles. The van der Waals surface area contributed by atoms with Gasteiger partial charge in [0.1, 0.15) is 0 Å². The third-order valence-corrected chi connectivity index (χ3v) is 8.47. The van der Waals surface area contributed by atoms with Crippen molar-refractivity contribution in [2.75, 3.05) is 27.2 Å². The highest BCUT2D eigenvalue weighted by atomic mass is 16.5. The van der Waals surface area contributed by atoms with E-state index < -0.39 is 0 Å². The van der Waals surface area contributed by atoms with Gasteiger partial charge in [-0.25, -0.2) is 0 Å². The Bertz CT molecular complexity index is 492. The molecule has 1 fully saturated rings. The van der Waals surface area contributed by atoms with Gasteiger partial charge in [-0.1, -0.05) is 129 Å². The molecule has 0 saturated heterocycles. The average Bonchev–Trinajstić information content (AvgIpc) is 3.60. The molecular weight excluding hydrogens is 442 g/mol. The number of esters is 1. The number of hydrogen-bond donors (Lipinski definition) is 0. The molecule has 0 aromatic heterocycles. The first-order valence-electron chi connectivity index (χ1n) is 16.4. The van der Waals surface area contributed by atoms with Crippen molar-refractivity contribution in [3.8, 4) is 0 Å². The predicted molar refractivity (Wildman–Crippen MR) is 158 cm³/mol. The van der Waals surface area contributed by atoms with Crippen LogP contribution >= 0.6 is 0 Å². The van der Waals surface area contributed by atoms with Crippen LogP contribution in [0.5, 0.6) is 0 Å². The molecule has 0 bridgehead atoms. The quantitative estimate of drug-likeness (QED) is 0.0818. The lowest BCUT2D eigenvalue weighted by Gasteiger charge is -2.19. The first kappa shape index (κ1) is 33.5. The standard InChI is InChI=1S/C33H65NO2/c1-5-7-8-9-10-12-17-22-30(27-28-34(3)4)23-18-15-16-20-25-32-29-31(32)24-19-13-11-14-21-26-33(35)36-6-2/h30-32H,5-29H2,1-4H3. The van der Waals surface area contributed by atoms with Gasteiger partial charge in [0.25, 0.3) is 0 Å². The van der Waals surface area contributed by atoms with Gasteiger partial charge < -0.3 is 9.64 Å². The summed E-state index contributed by atoms with van der Waals surface area (Å²) in [5, 5.41) is 0. The molecule has 1 saturated carbocycles. The Hall–Kier alpha value is -0.570. The molecular formula is C33H65NO2. The Morgan fingerprint density at radius 1 is 0.694 bits per heavy atom. The monoisotopic (exact) mass is 508 g/mol. The Morgan fingerprint density at radius 2 is 1.19 bits per heavy atom. The number of nitrogens with zero attached hydrogens (tertiary/aromatic N) is 1. The average molecular weight is 508 g/mol. The zero-order valence-corrected chi connectivity index (χ0v) is 25.2. The van der Waals surface area contributed by atoms with E-state index in [0.29, 0.717) is 13.0 Å². The zero-order chi connectivity index (χ0) is 26.3. The minimum absolute atomic E-state index is 0.0223. The van der Waals surface area contributed by atoms with Crippen LogP contribution in [0.2, 0.25) is 0 Å². The van der Waals surface area contributed by atoms with E-state index in [1.54, 1.807) is 0 Å². The summed E-state index contributed by atoms with van der Waals surface area (Å²) in [5.41, 5.74) is 0. The van der Waals surface area contributed by atoms with Crippen molar-refractivity contribution in [2.24, 2.45) is 17.8 Å². The number of hydrogen-bond acceptors (Lipinski definition) is 3. The summed E-state index contributed by atoms with van der Waals surface area (Å²) in [6.07, 6.45) is 31.5. The SMILES string of the molecule is CCCCCCCCCC(CCCCCCC1CC1CCCCCCCC(=O)OCC)CCN(C)C. The molecule has 0 radical (unpaired) electrons. The van der Waals surface area contributed by atoms with Crippen LogP contribution < -0.4 is 0 Å². The van der Waals surface area contributed by atoms with Gasteiger partial charge in [-0.2, -0.15) is 0 Å². The molecule has 1 rings (SSSR count). The summed E-state index contributed by atoms with van der Waals surface area (Å²) < 4.78 is 4.99. The predicted octanol–water partition coefficient (Wildman–Crippen LogP) is 9.97. The molecule has 3 unspecified atom stereocenters. The van der Waals surface area contributed by atoms with Crippen LogP contribution in [-0.2, 0) is 9.53 Å². The van der Waals surface area contributed by atoms with E-state index >= 15 is 0 Å². The normalized spacial score (nSPS) is 18.0. The number of rotatable bonds is 27. The van der Waals surface area contributed by atoms with Gasteiger partial charge in [0.15, 0.2) is 0 Å². The van der Waals surface area contributed by atoms with Crippen molar-refractivity contribution in [1.82, 2.24) is 4.90 Å². The van der Waals surface area contributed by atoms with Crippen molar-refractivity contribution >= 4 is 5.97 Å². The Labute approximate surface area is 226 Å².